The number of aromatic amines is 1. The van der Waals surface area contributed by atoms with Crippen LogP contribution in [0.1, 0.15) is 70.3 Å². The van der Waals surface area contributed by atoms with E-state index in [-0.39, 0.29) is 46.7 Å². The van der Waals surface area contributed by atoms with E-state index in [1.54, 1.807) is 12.3 Å². The van der Waals surface area contributed by atoms with E-state index in [1.807, 2.05) is 40.0 Å². The number of fused-ring (bicyclic) bond motifs is 1. The number of likely N-dealkylation sites (tertiary alicyclic amines) is 1. The number of benzene rings is 1. The molecule has 6 atom stereocenters. The number of aliphatic hydroxyl groups is 2. The third kappa shape index (κ3) is 6.23. The molecule has 1 spiro atoms. The van der Waals surface area contributed by atoms with E-state index >= 15 is 0 Å². The maximum Gasteiger partial charge on any atom is 0.334 e. The van der Waals surface area contributed by atoms with Crippen molar-refractivity contribution in [2.24, 2.45) is 0 Å². The minimum absolute atomic E-state index is 0. The van der Waals surface area contributed by atoms with Gasteiger partial charge in [0.1, 0.15) is 23.7 Å². The Hall–Kier alpha value is -3.74. The zero-order valence-corrected chi connectivity index (χ0v) is 25.3. The van der Waals surface area contributed by atoms with Gasteiger partial charge in [-0.1, -0.05) is 27.0 Å². The number of carbonyl (C=O) groups excluding carboxylic acids is 3. The molecule has 45 heavy (non-hydrogen) atoms. The second kappa shape index (κ2) is 13.7. The van der Waals surface area contributed by atoms with Crippen molar-refractivity contribution >= 4 is 17.8 Å². The summed E-state index contributed by atoms with van der Waals surface area (Å²) in [7, 11) is 2.00. The molecule has 248 valence electrons. The molecule has 12 nitrogen and oxygen atoms in total. The lowest BCUT2D eigenvalue weighted by Crippen LogP contribution is -2.71. The number of rotatable bonds is 9. The van der Waals surface area contributed by atoms with Gasteiger partial charge >= 0.3 is 5.97 Å². The van der Waals surface area contributed by atoms with E-state index in [0.717, 1.165) is 23.2 Å². The van der Waals surface area contributed by atoms with E-state index < -0.39 is 47.0 Å². The number of aromatic nitrogens is 2. The summed E-state index contributed by atoms with van der Waals surface area (Å²) in [6.45, 7) is 8.06. The van der Waals surface area contributed by atoms with Crippen molar-refractivity contribution in [1.82, 2.24) is 25.5 Å². The van der Waals surface area contributed by atoms with Crippen LogP contribution in [0.2, 0.25) is 0 Å². The monoisotopic (exact) mass is 627 g/mol. The van der Waals surface area contributed by atoms with Crippen LogP contribution >= 0.6 is 0 Å². The average molecular weight is 628 g/mol. The number of piperidine rings is 1. The fraction of sp³-hybridized carbons (Fsp3) is 0.576. The quantitative estimate of drug-likeness (QED) is 0.262. The summed E-state index contributed by atoms with van der Waals surface area (Å²) in [5, 5.41) is 27.0. The van der Waals surface area contributed by atoms with E-state index in [1.165, 1.54) is 13.3 Å². The Bertz CT molecular complexity index is 1420. The molecular weight excluding hydrogens is 578 g/mol. The number of nitrogens with one attached hydrogen (secondary N) is 3. The number of amides is 2. The van der Waals surface area contributed by atoms with Crippen LogP contribution in [0.5, 0.6) is 5.75 Å². The first-order valence-corrected chi connectivity index (χ1v) is 14.7. The molecule has 1 saturated heterocycles. The topological polar surface area (TPSA) is 166 Å². The van der Waals surface area contributed by atoms with Crippen molar-refractivity contribution in [2.45, 2.75) is 104 Å². The lowest BCUT2D eigenvalue weighted by molar-refractivity contribution is -0.163. The number of H-pyrrole nitrogens is 1. The van der Waals surface area contributed by atoms with Crippen LogP contribution in [0.25, 0.3) is 0 Å². The summed E-state index contributed by atoms with van der Waals surface area (Å²) in [6, 6.07) is 2.78. The predicted molar refractivity (Wildman–Crippen MR) is 169 cm³/mol. The average Bonchev–Trinajstić information content (AvgIpc) is 3.61. The van der Waals surface area contributed by atoms with E-state index in [4.69, 9.17) is 9.47 Å². The molecule has 0 unspecified atom stereocenters. The van der Waals surface area contributed by atoms with Gasteiger partial charge in [-0.05, 0) is 64.9 Å². The van der Waals surface area contributed by atoms with Crippen LogP contribution in [0.4, 0.5) is 0 Å². The third-order valence-corrected chi connectivity index (χ3v) is 9.40. The maximum atomic E-state index is 13.8. The highest BCUT2D eigenvalue weighted by atomic mass is 16.6. The van der Waals surface area contributed by atoms with Crippen molar-refractivity contribution < 1.29 is 34.1 Å². The Kier molecular flexibility index (Phi) is 10.9. The van der Waals surface area contributed by atoms with Gasteiger partial charge in [0.05, 0.1) is 17.3 Å². The van der Waals surface area contributed by atoms with Gasteiger partial charge in [0, 0.05) is 49.3 Å². The number of nitrogens with zero attached hydrogens (tertiary/aromatic N) is 2. The van der Waals surface area contributed by atoms with E-state index in [2.05, 4.69) is 25.5 Å². The number of carbonyl (C=O) groups is 3. The van der Waals surface area contributed by atoms with E-state index in [9.17, 15) is 24.6 Å². The fourth-order valence-corrected chi connectivity index (χ4v) is 6.86. The number of likely N-dealkylation sites (N-methyl/N-ethyl adjacent to an activating group) is 1. The Morgan fingerprint density at radius 1 is 1.24 bits per heavy atom. The summed E-state index contributed by atoms with van der Waals surface area (Å²) in [6.07, 6.45) is 3.71. The molecule has 0 bridgehead atoms. The molecule has 5 rings (SSSR count). The first kappa shape index (κ1) is 35.7. The minimum atomic E-state index is -1.19. The van der Waals surface area contributed by atoms with Gasteiger partial charge in [-0.25, -0.2) is 9.78 Å². The molecule has 1 aromatic carbocycles. The predicted octanol–water partition coefficient (Wildman–Crippen LogP) is 2.20. The highest BCUT2D eigenvalue weighted by molar-refractivity contribution is 5.86. The largest absolute Gasteiger partial charge is 0.481 e. The summed E-state index contributed by atoms with van der Waals surface area (Å²) < 4.78 is 12.7. The van der Waals surface area contributed by atoms with Gasteiger partial charge < -0.3 is 40.2 Å². The van der Waals surface area contributed by atoms with Crippen LogP contribution in [0, 0.1) is 13.8 Å². The number of imidazole rings is 1. The van der Waals surface area contributed by atoms with E-state index in [0.29, 0.717) is 23.6 Å². The van der Waals surface area contributed by atoms with Crippen LogP contribution in [-0.2, 0) is 31.0 Å². The molecule has 3 heterocycles. The van der Waals surface area contributed by atoms with Crippen molar-refractivity contribution in [1.29, 1.82) is 0 Å². The first-order chi connectivity index (χ1) is 20.4. The number of aryl methyl sites for hydroxylation is 2. The second-order valence-corrected chi connectivity index (χ2v) is 12.1. The van der Waals surface area contributed by atoms with Crippen LogP contribution < -0.4 is 15.4 Å². The zero-order valence-electron chi connectivity index (χ0n) is 25.3. The normalized spacial score (nSPS) is 26.2. The number of hydrogen-bond donors (Lipinski definition) is 5. The lowest BCUT2D eigenvalue weighted by atomic mass is 9.54. The summed E-state index contributed by atoms with van der Waals surface area (Å²) in [5.41, 5.74) is 1.52. The van der Waals surface area contributed by atoms with Gasteiger partial charge in [-0.3, -0.25) is 9.59 Å². The zero-order chi connectivity index (χ0) is 31.1. The molecule has 0 saturated carbocycles. The van der Waals surface area contributed by atoms with Gasteiger partial charge in [-0.15, -0.1) is 0 Å². The Labute approximate surface area is 265 Å². The van der Waals surface area contributed by atoms with Crippen LogP contribution in [0.15, 0.2) is 36.5 Å². The van der Waals surface area contributed by atoms with Gasteiger partial charge in [0.15, 0.2) is 6.10 Å². The van der Waals surface area contributed by atoms with Gasteiger partial charge in [0.2, 0.25) is 11.8 Å². The molecule has 1 fully saturated rings. The molecular formula is C33H49N5O7. The molecule has 2 aliphatic heterocycles. The molecule has 0 radical (unpaired) electrons. The third-order valence-electron chi connectivity index (χ3n) is 9.40. The Morgan fingerprint density at radius 2 is 1.96 bits per heavy atom. The molecule has 1 aromatic heterocycles. The standard InChI is InChI=1S/C31H41N5O7.2CH4/c1-17-6-7-18(2)26-25(17)30-11-13-36(5)20(4)31(30,41)10-8-23(27(30)43-26)42-29(40)22(14-21-15-32-16-34-21)35-24(38)9-12-33-28(39)19(3)37;;/h6-8,15-16,19-20,22,27,37,41H,9-14H2,1-5H3,(H,32,34)(H,33,39)(H,35,38);2*1H4/t19-,20+,22-,27-,30-,31+;;/m0../s1. The molecule has 3 aliphatic rings. The molecule has 2 amide bonds. The van der Waals surface area contributed by atoms with Crippen LogP contribution in [-0.4, -0.2) is 92.9 Å². The molecule has 2 aromatic rings. The van der Waals surface area contributed by atoms with Gasteiger partial charge in [0.25, 0.3) is 0 Å². The van der Waals surface area contributed by atoms with Crippen LogP contribution in [0.3, 0.4) is 0 Å². The number of ether oxygens (including phenoxy) is 2. The summed E-state index contributed by atoms with van der Waals surface area (Å²) in [4.78, 5) is 47.3. The molecule has 1 aliphatic carbocycles. The maximum absolute atomic E-state index is 13.8. The van der Waals surface area contributed by atoms with Crippen molar-refractivity contribution in [3.63, 3.8) is 0 Å². The first-order valence-electron chi connectivity index (χ1n) is 14.7. The SMILES string of the molecule is C.C.Cc1ccc(C)c2c1O[C@H]1C(OC(=O)[C@H](Cc3cnc[nH]3)NC(=O)CCNC(=O)[C@H](C)O)=CC[C@@]3(O)[C@@H](C)N(C)CC[C@]213. The smallest absolute Gasteiger partial charge is 0.334 e. The van der Waals surface area contributed by atoms with Crippen molar-refractivity contribution in [2.75, 3.05) is 20.1 Å². The fourth-order valence-electron chi connectivity index (χ4n) is 6.86. The van der Waals surface area contributed by atoms with Crippen molar-refractivity contribution in [3.05, 3.63) is 58.9 Å². The lowest BCUT2D eigenvalue weighted by Gasteiger charge is -2.58. The minimum Gasteiger partial charge on any atom is -0.481 e. The van der Waals surface area contributed by atoms with Gasteiger partial charge in [-0.2, -0.15) is 0 Å². The number of hydrogen-bond acceptors (Lipinski definition) is 9. The molecule has 5 N–H and O–H groups in total. The summed E-state index contributed by atoms with van der Waals surface area (Å²) >= 11 is 0. The Balaban J connectivity index is 0.00000276. The summed E-state index contributed by atoms with van der Waals surface area (Å²) in [5.74, 6) is -0.724. The highest BCUT2D eigenvalue weighted by Crippen LogP contribution is 2.61. The van der Waals surface area contributed by atoms with Crippen molar-refractivity contribution in [3.8, 4) is 5.75 Å². The number of aliphatic hydroxyl groups excluding tert-OH is 1. The Morgan fingerprint density at radius 3 is 2.62 bits per heavy atom. The number of esters is 1. The second-order valence-electron chi connectivity index (χ2n) is 12.1. The highest BCUT2D eigenvalue weighted by Gasteiger charge is 2.69. The molecule has 12 heteroatoms.